The minimum absolute atomic E-state index is 0.0696. The van der Waals surface area contributed by atoms with Crippen LogP contribution < -0.4 is 10.6 Å². The van der Waals surface area contributed by atoms with Crippen molar-refractivity contribution >= 4 is 34.0 Å². The van der Waals surface area contributed by atoms with Crippen LogP contribution in [-0.2, 0) is 12.4 Å². The molecule has 2 N–H and O–H groups in total. The highest BCUT2D eigenvalue weighted by atomic mass is 19.4. The zero-order valence-electron chi connectivity index (χ0n) is 19.6. The summed E-state index contributed by atoms with van der Waals surface area (Å²) >= 11 is 0. The van der Waals surface area contributed by atoms with Gasteiger partial charge in [0, 0.05) is 22.0 Å². The Morgan fingerprint density at radius 3 is 2.50 bits per heavy atom. The molecule has 1 aliphatic heterocycles. The molecule has 0 bridgehead atoms. The second kappa shape index (κ2) is 8.65. The Morgan fingerprint density at radius 1 is 1.00 bits per heavy atom. The molecule has 0 aliphatic carbocycles. The van der Waals surface area contributed by atoms with E-state index >= 15 is 0 Å². The van der Waals surface area contributed by atoms with Crippen molar-refractivity contribution in [3.05, 3.63) is 83.6 Å². The summed E-state index contributed by atoms with van der Waals surface area (Å²) < 4.78 is 89.4. The van der Waals surface area contributed by atoms with Gasteiger partial charge in [-0.2, -0.15) is 31.4 Å². The number of benzene rings is 2. The Bertz CT molecular complexity index is 1830. The summed E-state index contributed by atoms with van der Waals surface area (Å²) in [5.74, 6) is -2.23. The predicted octanol–water partition coefficient (Wildman–Crippen LogP) is 5.93. The molecule has 0 radical (unpaired) electrons. The van der Waals surface area contributed by atoms with Gasteiger partial charge in [0.05, 0.1) is 41.1 Å². The monoisotopic (exact) mass is 558 g/mol. The number of aromatic nitrogens is 4. The van der Waals surface area contributed by atoms with Gasteiger partial charge in [-0.1, -0.05) is 12.1 Å². The van der Waals surface area contributed by atoms with E-state index in [2.05, 4.69) is 20.4 Å². The summed E-state index contributed by atoms with van der Waals surface area (Å²) in [6, 6.07) is 7.73. The fraction of sp³-hybridized carbons (Fsp3) is 0.0800. The fourth-order valence-electron chi connectivity index (χ4n) is 4.49. The largest absolute Gasteiger partial charge is 0.443 e. The van der Waals surface area contributed by atoms with Crippen molar-refractivity contribution < 1.29 is 40.3 Å². The molecule has 5 aromatic rings. The summed E-state index contributed by atoms with van der Waals surface area (Å²) in [4.78, 5) is 32.5. The molecule has 0 unspecified atom stereocenters. The van der Waals surface area contributed by atoms with Crippen LogP contribution in [0.2, 0.25) is 0 Å². The average Bonchev–Trinajstić information content (AvgIpc) is 3.64. The number of halogens is 6. The number of nitrogens with one attached hydrogen (secondary N) is 2. The number of alkyl halides is 6. The van der Waals surface area contributed by atoms with E-state index in [0.29, 0.717) is 28.0 Å². The van der Waals surface area contributed by atoms with Gasteiger partial charge < -0.3 is 15.1 Å². The van der Waals surface area contributed by atoms with Crippen molar-refractivity contribution in [2.24, 2.45) is 0 Å². The van der Waals surface area contributed by atoms with Gasteiger partial charge in [0.2, 0.25) is 5.89 Å². The Kier molecular flexibility index (Phi) is 5.43. The van der Waals surface area contributed by atoms with E-state index in [1.54, 1.807) is 0 Å². The Hall–Kier alpha value is -5.21. The molecule has 4 heterocycles. The summed E-state index contributed by atoms with van der Waals surface area (Å²) in [5, 5.41) is 9.08. The van der Waals surface area contributed by atoms with Crippen molar-refractivity contribution in [3.63, 3.8) is 0 Å². The quantitative estimate of drug-likeness (QED) is 0.264. The molecule has 0 fully saturated rings. The molecule has 2 amide bonds. The molecule has 0 saturated heterocycles. The van der Waals surface area contributed by atoms with Gasteiger partial charge in [-0.05, 0) is 24.3 Å². The average molecular weight is 558 g/mol. The first-order valence-electron chi connectivity index (χ1n) is 11.2. The Morgan fingerprint density at radius 2 is 1.80 bits per heavy atom. The molecule has 9 nitrogen and oxygen atoms in total. The highest BCUT2D eigenvalue weighted by molar-refractivity contribution is 6.25. The zero-order valence-corrected chi connectivity index (χ0v) is 19.6. The molecule has 6 rings (SSSR count). The highest BCUT2D eigenvalue weighted by Crippen LogP contribution is 2.40. The van der Waals surface area contributed by atoms with Crippen LogP contribution in [0.5, 0.6) is 0 Å². The molecule has 15 heteroatoms. The van der Waals surface area contributed by atoms with Gasteiger partial charge in [0.15, 0.2) is 5.69 Å². The number of rotatable bonds is 4. The normalized spacial score (nSPS) is 13.1. The lowest BCUT2D eigenvalue weighted by Gasteiger charge is -2.15. The number of oxazole rings is 1. The third-order valence-electron chi connectivity index (χ3n) is 6.11. The topological polar surface area (TPSA) is 115 Å². The molecular formula is C25H12F6N6O3. The van der Waals surface area contributed by atoms with E-state index in [1.165, 1.54) is 30.3 Å². The van der Waals surface area contributed by atoms with E-state index in [0.717, 1.165) is 18.7 Å². The molecule has 0 atom stereocenters. The maximum Gasteiger partial charge on any atom is 0.434 e. The first kappa shape index (κ1) is 25.1. The SMILES string of the molecule is O=C(Nc1cnc(-c2ncco2)c(C(F)(F)F)c1)c1cnn(-c2ccc3c4c(cccc24)C(=O)N3)c1C(F)(F)F. The third kappa shape index (κ3) is 4.02. The number of pyridine rings is 1. The fourth-order valence-corrected chi connectivity index (χ4v) is 4.49. The molecule has 3 aromatic heterocycles. The molecule has 0 spiro atoms. The molecular weight excluding hydrogens is 546 g/mol. The van der Waals surface area contributed by atoms with Crippen molar-refractivity contribution in [2.75, 3.05) is 10.6 Å². The van der Waals surface area contributed by atoms with Gasteiger partial charge in [0.25, 0.3) is 11.8 Å². The molecule has 0 saturated carbocycles. The van der Waals surface area contributed by atoms with Crippen LogP contribution >= 0.6 is 0 Å². The first-order chi connectivity index (χ1) is 18.9. The molecule has 1 aliphatic rings. The molecule has 40 heavy (non-hydrogen) atoms. The van der Waals surface area contributed by atoms with Crippen LogP contribution in [0, 0.1) is 0 Å². The lowest BCUT2D eigenvalue weighted by Crippen LogP contribution is -2.21. The van der Waals surface area contributed by atoms with E-state index in [4.69, 9.17) is 4.42 Å². The number of anilines is 2. The predicted molar refractivity (Wildman–Crippen MR) is 127 cm³/mol. The van der Waals surface area contributed by atoms with E-state index in [9.17, 15) is 35.9 Å². The number of hydrogen-bond donors (Lipinski definition) is 2. The standard InChI is InChI=1S/C25H12F6N6O3/c26-24(27,28)15-8-11(9-33-19(15)23-32-6-7-40-23)35-22(39)14-10-34-37(20(14)25(29,30)31)17-5-4-16-18-12(17)2-1-3-13(18)21(38)36-16/h1-10H,(H,35,39)(H,36,38). The number of carbonyl (C=O) groups is 2. The van der Waals surface area contributed by atoms with Gasteiger partial charge in [-0.25, -0.2) is 14.6 Å². The number of hydrogen-bond acceptors (Lipinski definition) is 6. The Balaban J connectivity index is 1.42. The highest BCUT2D eigenvalue weighted by Gasteiger charge is 2.41. The van der Waals surface area contributed by atoms with Crippen LogP contribution in [0.3, 0.4) is 0 Å². The molecule has 202 valence electrons. The number of nitrogens with zero attached hydrogens (tertiary/aromatic N) is 4. The van der Waals surface area contributed by atoms with Crippen LogP contribution in [0.1, 0.15) is 32.0 Å². The summed E-state index contributed by atoms with van der Waals surface area (Å²) in [6.07, 6.45) is -6.42. The van der Waals surface area contributed by atoms with Gasteiger partial charge in [-0.3, -0.25) is 9.59 Å². The van der Waals surface area contributed by atoms with Crippen LogP contribution in [-0.4, -0.2) is 31.6 Å². The van der Waals surface area contributed by atoms with Crippen molar-refractivity contribution in [1.29, 1.82) is 0 Å². The van der Waals surface area contributed by atoms with Crippen molar-refractivity contribution in [1.82, 2.24) is 19.7 Å². The second-order valence-electron chi connectivity index (χ2n) is 8.54. The minimum atomic E-state index is -5.11. The summed E-state index contributed by atoms with van der Waals surface area (Å²) in [7, 11) is 0. The van der Waals surface area contributed by atoms with Crippen LogP contribution in [0.4, 0.5) is 37.7 Å². The Labute approximate surface area is 218 Å². The zero-order chi connectivity index (χ0) is 28.4. The summed E-state index contributed by atoms with van der Waals surface area (Å²) in [6.45, 7) is 0. The smallest absolute Gasteiger partial charge is 0.434 e. The van der Waals surface area contributed by atoms with Crippen LogP contribution in [0.15, 0.2) is 65.7 Å². The maximum atomic E-state index is 14.3. The first-order valence-corrected chi connectivity index (χ1v) is 11.2. The molecule has 2 aromatic carbocycles. The van der Waals surface area contributed by atoms with Gasteiger partial charge >= 0.3 is 12.4 Å². The van der Waals surface area contributed by atoms with Crippen molar-refractivity contribution in [3.8, 4) is 17.3 Å². The maximum absolute atomic E-state index is 14.3. The van der Waals surface area contributed by atoms with E-state index in [1.807, 2.05) is 5.32 Å². The van der Waals surface area contributed by atoms with E-state index in [-0.39, 0.29) is 16.6 Å². The van der Waals surface area contributed by atoms with Gasteiger partial charge in [-0.15, -0.1) is 0 Å². The van der Waals surface area contributed by atoms with Crippen molar-refractivity contribution in [2.45, 2.75) is 12.4 Å². The number of amides is 2. The lowest BCUT2D eigenvalue weighted by molar-refractivity contribution is -0.143. The van der Waals surface area contributed by atoms with Gasteiger partial charge in [0.1, 0.15) is 12.0 Å². The second-order valence-corrected chi connectivity index (χ2v) is 8.54. The minimum Gasteiger partial charge on any atom is -0.443 e. The van der Waals surface area contributed by atoms with E-state index < -0.39 is 58.3 Å². The summed E-state index contributed by atoms with van der Waals surface area (Å²) in [5.41, 5.74) is -4.34. The number of carbonyl (C=O) groups excluding carboxylic acids is 2. The van der Waals surface area contributed by atoms with Crippen LogP contribution in [0.25, 0.3) is 28.0 Å². The third-order valence-corrected chi connectivity index (χ3v) is 6.11. The lowest BCUT2D eigenvalue weighted by atomic mass is 10.0.